The molecule has 0 radical (unpaired) electrons. The van der Waals surface area contributed by atoms with E-state index in [1.54, 1.807) is 0 Å². The zero-order valence-electron chi connectivity index (χ0n) is 12.3. The first kappa shape index (κ1) is 16.6. The number of alkyl halides is 3. The van der Waals surface area contributed by atoms with Crippen LogP contribution in [-0.4, -0.2) is 24.7 Å². The van der Waals surface area contributed by atoms with Gasteiger partial charge >= 0.3 is 6.18 Å². The van der Waals surface area contributed by atoms with E-state index >= 15 is 0 Å². The average Bonchev–Trinajstić information content (AvgIpc) is 2.45. The lowest BCUT2D eigenvalue weighted by atomic mass is 9.78. The van der Waals surface area contributed by atoms with Gasteiger partial charge in [0.2, 0.25) is 5.91 Å². The Morgan fingerprint density at radius 2 is 1.67 bits per heavy atom. The highest BCUT2D eigenvalue weighted by Gasteiger charge is 2.48. The largest absolute Gasteiger partial charge is 0.392 e. The van der Waals surface area contributed by atoms with E-state index in [1.807, 2.05) is 0 Å². The first-order valence-corrected chi connectivity index (χ1v) is 7.99. The third kappa shape index (κ3) is 4.34. The molecule has 4 unspecified atom stereocenters. The fourth-order valence-electron chi connectivity index (χ4n) is 3.69. The average molecular weight is 306 g/mol. The molecule has 1 amide bonds. The van der Waals surface area contributed by atoms with Gasteiger partial charge in [-0.1, -0.05) is 25.7 Å². The van der Waals surface area contributed by atoms with Crippen LogP contribution in [0.2, 0.25) is 0 Å². The Bertz CT molecular complexity index is 359. The van der Waals surface area contributed by atoms with Crippen molar-refractivity contribution in [3.8, 4) is 0 Å². The molecule has 2 fully saturated rings. The Morgan fingerprint density at radius 1 is 1.05 bits per heavy atom. The molecule has 0 saturated heterocycles. The molecule has 0 spiro atoms. The number of carbonyl (C=O) groups excluding carboxylic acids is 1. The van der Waals surface area contributed by atoms with Gasteiger partial charge in [0.05, 0.1) is 5.92 Å². The second-order valence-electron chi connectivity index (χ2n) is 6.49. The molecule has 0 aromatic heterocycles. The zero-order valence-corrected chi connectivity index (χ0v) is 12.3. The third-order valence-corrected chi connectivity index (χ3v) is 5.03. The lowest BCUT2D eigenvalue weighted by molar-refractivity contribution is -0.198. The number of hydrogen-bond acceptors (Lipinski definition) is 2. The molecule has 0 aliphatic heterocycles. The van der Waals surface area contributed by atoms with E-state index in [1.165, 1.54) is 0 Å². The molecule has 0 heterocycles. The van der Waals surface area contributed by atoms with Crippen LogP contribution in [0, 0.1) is 17.8 Å². The highest BCUT2D eigenvalue weighted by Crippen LogP contribution is 2.41. The molecule has 0 aromatic carbocycles. The molecule has 2 saturated carbocycles. The van der Waals surface area contributed by atoms with E-state index in [0.29, 0.717) is 25.8 Å². The standard InChI is InChI=1S/C15H25F3N2O/c16-15(17,18)12-7-3-2-6-11(12)14(21)20-9-10-5-1-4-8-13(10)19/h10-13H,1-9,19H2,(H,20,21). The monoisotopic (exact) mass is 306 g/mol. The smallest absolute Gasteiger partial charge is 0.356 e. The summed E-state index contributed by atoms with van der Waals surface area (Å²) < 4.78 is 39.0. The summed E-state index contributed by atoms with van der Waals surface area (Å²) >= 11 is 0. The Balaban J connectivity index is 1.88. The fourth-order valence-corrected chi connectivity index (χ4v) is 3.69. The van der Waals surface area contributed by atoms with Crippen molar-refractivity contribution in [1.82, 2.24) is 5.32 Å². The summed E-state index contributed by atoms with van der Waals surface area (Å²) in [6, 6.07) is 0.0591. The molecule has 21 heavy (non-hydrogen) atoms. The van der Waals surface area contributed by atoms with Crippen molar-refractivity contribution in [2.75, 3.05) is 6.54 Å². The minimum Gasteiger partial charge on any atom is -0.356 e. The summed E-state index contributed by atoms with van der Waals surface area (Å²) in [5.41, 5.74) is 6.01. The highest BCUT2D eigenvalue weighted by molar-refractivity contribution is 5.79. The Labute approximate surface area is 123 Å². The number of amides is 1. The van der Waals surface area contributed by atoms with E-state index < -0.39 is 23.9 Å². The van der Waals surface area contributed by atoms with E-state index in [-0.39, 0.29) is 18.4 Å². The van der Waals surface area contributed by atoms with E-state index in [0.717, 1.165) is 25.7 Å². The SMILES string of the molecule is NC1CCCCC1CNC(=O)C1CCCCC1C(F)(F)F. The molecule has 3 nitrogen and oxygen atoms in total. The molecule has 2 rings (SSSR count). The van der Waals surface area contributed by atoms with Crippen LogP contribution in [0.3, 0.4) is 0 Å². The van der Waals surface area contributed by atoms with Crippen LogP contribution >= 0.6 is 0 Å². The van der Waals surface area contributed by atoms with Gasteiger partial charge in [0.1, 0.15) is 0 Å². The number of nitrogens with one attached hydrogen (secondary N) is 1. The minimum absolute atomic E-state index is 0.0591. The topological polar surface area (TPSA) is 55.1 Å². The fraction of sp³-hybridized carbons (Fsp3) is 0.933. The second-order valence-corrected chi connectivity index (χ2v) is 6.49. The summed E-state index contributed by atoms with van der Waals surface area (Å²) in [7, 11) is 0. The normalized spacial score (nSPS) is 34.5. The summed E-state index contributed by atoms with van der Waals surface area (Å²) in [6.07, 6.45) is 1.48. The van der Waals surface area contributed by atoms with Crippen LogP contribution in [0.1, 0.15) is 51.4 Å². The van der Waals surface area contributed by atoms with Gasteiger partial charge in [-0.15, -0.1) is 0 Å². The molecule has 122 valence electrons. The van der Waals surface area contributed by atoms with Crippen molar-refractivity contribution in [3.63, 3.8) is 0 Å². The number of nitrogens with two attached hydrogens (primary N) is 1. The summed E-state index contributed by atoms with van der Waals surface area (Å²) in [5.74, 6) is -2.63. The first-order valence-electron chi connectivity index (χ1n) is 7.99. The Kier molecular flexibility index (Phi) is 5.52. The Morgan fingerprint density at radius 3 is 2.33 bits per heavy atom. The number of carbonyl (C=O) groups is 1. The lowest BCUT2D eigenvalue weighted by Gasteiger charge is -2.33. The lowest BCUT2D eigenvalue weighted by Crippen LogP contribution is -2.46. The van der Waals surface area contributed by atoms with Crippen molar-refractivity contribution >= 4 is 5.91 Å². The van der Waals surface area contributed by atoms with Gasteiger partial charge < -0.3 is 11.1 Å². The van der Waals surface area contributed by atoms with Crippen LogP contribution in [-0.2, 0) is 4.79 Å². The van der Waals surface area contributed by atoms with Crippen LogP contribution in [0.5, 0.6) is 0 Å². The van der Waals surface area contributed by atoms with Crippen molar-refractivity contribution < 1.29 is 18.0 Å². The van der Waals surface area contributed by atoms with Crippen molar-refractivity contribution in [1.29, 1.82) is 0 Å². The number of rotatable bonds is 3. The maximum atomic E-state index is 13.0. The van der Waals surface area contributed by atoms with Crippen LogP contribution in [0.25, 0.3) is 0 Å². The van der Waals surface area contributed by atoms with Crippen molar-refractivity contribution in [3.05, 3.63) is 0 Å². The van der Waals surface area contributed by atoms with Crippen molar-refractivity contribution in [2.24, 2.45) is 23.5 Å². The van der Waals surface area contributed by atoms with Gasteiger partial charge in [0.25, 0.3) is 0 Å². The summed E-state index contributed by atoms with van der Waals surface area (Å²) in [6.45, 7) is 0.418. The van der Waals surface area contributed by atoms with Crippen LogP contribution in [0.4, 0.5) is 13.2 Å². The first-order chi connectivity index (χ1) is 9.89. The van der Waals surface area contributed by atoms with Gasteiger partial charge in [-0.25, -0.2) is 0 Å². The van der Waals surface area contributed by atoms with E-state index in [2.05, 4.69) is 5.32 Å². The third-order valence-electron chi connectivity index (χ3n) is 5.03. The molecular weight excluding hydrogens is 281 g/mol. The van der Waals surface area contributed by atoms with E-state index in [4.69, 9.17) is 5.73 Å². The Hall–Kier alpha value is -0.780. The molecule has 0 bridgehead atoms. The summed E-state index contributed by atoms with van der Waals surface area (Å²) in [4.78, 5) is 12.2. The highest BCUT2D eigenvalue weighted by atomic mass is 19.4. The van der Waals surface area contributed by atoms with Gasteiger partial charge in [0.15, 0.2) is 0 Å². The zero-order chi connectivity index (χ0) is 15.5. The number of hydrogen-bond donors (Lipinski definition) is 2. The second kappa shape index (κ2) is 6.99. The minimum atomic E-state index is -4.27. The maximum Gasteiger partial charge on any atom is 0.392 e. The summed E-state index contributed by atoms with van der Waals surface area (Å²) in [5, 5.41) is 2.74. The molecule has 6 heteroatoms. The van der Waals surface area contributed by atoms with Gasteiger partial charge in [0, 0.05) is 18.5 Å². The quantitative estimate of drug-likeness (QED) is 0.842. The molecule has 0 aromatic rings. The van der Waals surface area contributed by atoms with E-state index in [9.17, 15) is 18.0 Å². The van der Waals surface area contributed by atoms with Gasteiger partial charge in [-0.3, -0.25) is 4.79 Å². The molecule has 4 atom stereocenters. The maximum absolute atomic E-state index is 13.0. The molecule has 3 N–H and O–H groups in total. The predicted molar refractivity (Wildman–Crippen MR) is 74.4 cm³/mol. The van der Waals surface area contributed by atoms with Gasteiger partial charge in [-0.2, -0.15) is 13.2 Å². The van der Waals surface area contributed by atoms with Gasteiger partial charge in [-0.05, 0) is 31.6 Å². The van der Waals surface area contributed by atoms with Crippen molar-refractivity contribution in [2.45, 2.75) is 63.6 Å². The predicted octanol–water partition coefficient (Wildman–Crippen LogP) is 2.99. The number of halogens is 3. The van der Waals surface area contributed by atoms with Crippen LogP contribution in [0.15, 0.2) is 0 Å². The molecular formula is C15H25F3N2O. The van der Waals surface area contributed by atoms with Crippen LogP contribution < -0.4 is 11.1 Å². The molecule has 2 aliphatic carbocycles. The molecule has 2 aliphatic rings.